The van der Waals surface area contributed by atoms with Crippen molar-refractivity contribution in [2.75, 3.05) is 13.7 Å². The van der Waals surface area contributed by atoms with Crippen LogP contribution in [0.1, 0.15) is 29.6 Å². The molecule has 0 saturated heterocycles. The van der Waals surface area contributed by atoms with E-state index in [0.717, 1.165) is 21.5 Å². The van der Waals surface area contributed by atoms with Crippen LogP contribution in [-0.2, 0) is 9.53 Å². The lowest BCUT2D eigenvalue weighted by atomic mass is 10.1. The average Bonchev–Trinajstić information content (AvgIpc) is 3.12. The molecule has 0 spiro atoms. The van der Waals surface area contributed by atoms with Crippen molar-refractivity contribution >= 4 is 45.7 Å². The summed E-state index contributed by atoms with van der Waals surface area (Å²) in [4.78, 5) is 29.4. The van der Waals surface area contributed by atoms with Crippen LogP contribution in [0.2, 0.25) is 4.34 Å². The predicted molar refractivity (Wildman–Crippen MR) is 108 cm³/mol. The molecule has 5 nitrogen and oxygen atoms in total. The van der Waals surface area contributed by atoms with Crippen LogP contribution in [0.3, 0.4) is 0 Å². The molecule has 0 aliphatic rings. The Morgan fingerprint density at radius 2 is 2.00 bits per heavy atom. The van der Waals surface area contributed by atoms with Crippen molar-refractivity contribution in [3.05, 3.63) is 52.4 Å². The maximum Gasteiger partial charge on any atom is 0.305 e. The molecule has 1 amide bonds. The summed E-state index contributed by atoms with van der Waals surface area (Å²) >= 11 is 7.47. The number of ether oxygens (including phenoxy) is 1. The number of rotatable bonds is 7. The minimum Gasteiger partial charge on any atom is -0.469 e. The molecule has 0 aliphatic heterocycles. The van der Waals surface area contributed by atoms with Gasteiger partial charge in [-0.2, -0.15) is 0 Å². The first kappa shape index (κ1) is 19.3. The number of nitrogens with one attached hydrogen (secondary N) is 1. The summed E-state index contributed by atoms with van der Waals surface area (Å²) in [7, 11) is 1.37. The van der Waals surface area contributed by atoms with Crippen molar-refractivity contribution in [2.24, 2.45) is 0 Å². The van der Waals surface area contributed by atoms with Gasteiger partial charge in [-0.25, -0.2) is 4.98 Å². The van der Waals surface area contributed by atoms with Crippen molar-refractivity contribution in [3.8, 4) is 10.6 Å². The summed E-state index contributed by atoms with van der Waals surface area (Å²) < 4.78 is 5.29. The first-order valence-corrected chi connectivity index (χ1v) is 9.78. The number of nitrogens with zero attached hydrogens (tertiary/aromatic N) is 1. The molecule has 0 bridgehead atoms. The molecule has 0 atom stereocenters. The zero-order chi connectivity index (χ0) is 19.2. The summed E-state index contributed by atoms with van der Waals surface area (Å²) in [5.74, 6) is -0.392. The van der Waals surface area contributed by atoms with Crippen LogP contribution in [0.25, 0.3) is 21.5 Å². The summed E-state index contributed by atoms with van der Waals surface area (Å²) in [6.45, 7) is 0.493. The van der Waals surface area contributed by atoms with E-state index in [1.165, 1.54) is 18.4 Å². The number of amides is 1. The molecule has 2 heterocycles. The van der Waals surface area contributed by atoms with Crippen molar-refractivity contribution in [1.82, 2.24) is 10.3 Å². The van der Waals surface area contributed by atoms with Crippen molar-refractivity contribution in [2.45, 2.75) is 19.3 Å². The standard InChI is InChI=1S/C20H19ClN2O3S/c1-26-19(24)8-4-5-11-22-20(25)14-12-16(17-9-10-18(21)27-17)23-15-7-3-2-6-13(14)15/h2-3,6-7,9-10,12H,4-5,8,11H2,1H3,(H,22,25). The number of benzene rings is 1. The molecular formula is C20H19ClN2O3S. The SMILES string of the molecule is COC(=O)CCCCNC(=O)c1cc(-c2ccc(Cl)s2)nc2ccccc12. The number of thiophene rings is 1. The number of fused-ring (bicyclic) bond motifs is 1. The molecular weight excluding hydrogens is 384 g/mol. The van der Waals surface area contributed by atoms with Gasteiger partial charge in [0.15, 0.2) is 0 Å². The number of carbonyl (C=O) groups is 2. The average molecular weight is 403 g/mol. The van der Waals surface area contributed by atoms with Crippen LogP contribution in [0.5, 0.6) is 0 Å². The van der Waals surface area contributed by atoms with E-state index in [1.54, 1.807) is 6.07 Å². The fourth-order valence-electron chi connectivity index (χ4n) is 2.73. The zero-order valence-corrected chi connectivity index (χ0v) is 16.4. The number of carbonyl (C=O) groups excluding carboxylic acids is 2. The molecule has 3 aromatic rings. The second-order valence-electron chi connectivity index (χ2n) is 5.97. The highest BCUT2D eigenvalue weighted by molar-refractivity contribution is 7.19. The van der Waals surface area contributed by atoms with Gasteiger partial charge in [-0.05, 0) is 37.1 Å². The number of methoxy groups -OCH3 is 1. The first-order chi connectivity index (χ1) is 13.1. The number of esters is 1. The van der Waals surface area contributed by atoms with E-state index < -0.39 is 0 Å². The lowest BCUT2D eigenvalue weighted by Crippen LogP contribution is -2.25. The Morgan fingerprint density at radius 3 is 2.74 bits per heavy atom. The fourth-order valence-corrected chi connectivity index (χ4v) is 3.74. The Morgan fingerprint density at radius 1 is 1.19 bits per heavy atom. The Labute approximate surface area is 166 Å². The third kappa shape index (κ3) is 4.84. The van der Waals surface area contributed by atoms with E-state index >= 15 is 0 Å². The van der Waals surface area contributed by atoms with E-state index in [0.29, 0.717) is 35.7 Å². The highest BCUT2D eigenvalue weighted by Crippen LogP contribution is 2.32. The first-order valence-electron chi connectivity index (χ1n) is 8.59. The van der Waals surface area contributed by atoms with Gasteiger partial charge in [0.1, 0.15) is 0 Å². The van der Waals surface area contributed by atoms with Crippen molar-refractivity contribution in [1.29, 1.82) is 0 Å². The predicted octanol–water partition coefficient (Wildman–Crippen LogP) is 4.69. The monoisotopic (exact) mass is 402 g/mol. The molecule has 140 valence electrons. The number of pyridine rings is 1. The topological polar surface area (TPSA) is 68.3 Å². The van der Waals surface area contributed by atoms with Gasteiger partial charge in [-0.3, -0.25) is 9.59 Å². The number of para-hydroxylation sites is 1. The van der Waals surface area contributed by atoms with E-state index in [9.17, 15) is 9.59 Å². The molecule has 3 rings (SSSR count). The largest absolute Gasteiger partial charge is 0.469 e. The van der Waals surface area contributed by atoms with Crippen LogP contribution >= 0.6 is 22.9 Å². The third-order valence-corrected chi connectivity index (χ3v) is 5.36. The van der Waals surface area contributed by atoms with Crippen LogP contribution in [-0.4, -0.2) is 30.5 Å². The Bertz CT molecular complexity index is 971. The summed E-state index contributed by atoms with van der Waals surface area (Å²) in [6.07, 6.45) is 1.73. The molecule has 7 heteroatoms. The number of aromatic nitrogens is 1. The van der Waals surface area contributed by atoms with Gasteiger partial charge in [0.25, 0.3) is 5.91 Å². The Kier molecular flexibility index (Phi) is 6.42. The minimum absolute atomic E-state index is 0.157. The van der Waals surface area contributed by atoms with Gasteiger partial charge in [0.2, 0.25) is 0 Å². The van der Waals surface area contributed by atoms with Gasteiger partial charge >= 0.3 is 5.97 Å². The highest BCUT2D eigenvalue weighted by Gasteiger charge is 2.14. The van der Waals surface area contributed by atoms with Gasteiger partial charge < -0.3 is 10.1 Å². The third-order valence-electron chi connectivity index (χ3n) is 4.11. The Hall–Kier alpha value is -2.44. The van der Waals surface area contributed by atoms with E-state index in [1.807, 2.05) is 36.4 Å². The van der Waals surface area contributed by atoms with E-state index in [4.69, 9.17) is 11.6 Å². The Balaban J connectivity index is 1.78. The minimum atomic E-state index is -0.235. The zero-order valence-electron chi connectivity index (χ0n) is 14.8. The molecule has 0 radical (unpaired) electrons. The van der Waals surface area contributed by atoms with Crippen LogP contribution in [0.15, 0.2) is 42.5 Å². The van der Waals surface area contributed by atoms with Crippen LogP contribution in [0.4, 0.5) is 0 Å². The summed E-state index contributed by atoms with van der Waals surface area (Å²) in [6, 6.07) is 13.1. The maximum absolute atomic E-state index is 12.7. The van der Waals surface area contributed by atoms with Gasteiger partial charge in [-0.1, -0.05) is 29.8 Å². The fraction of sp³-hybridized carbons (Fsp3) is 0.250. The van der Waals surface area contributed by atoms with Crippen LogP contribution in [0, 0.1) is 0 Å². The maximum atomic E-state index is 12.7. The second kappa shape index (κ2) is 8.97. The molecule has 1 N–H and O–H groups in total. The molecule has 0 unspecified atom stereocenters. The summed E-state index contributed by atoms with van der Waals surface area (Å²) in [5, 5.41) is 3.73. The normalized spacial score (nSPS) is 10.7. The molecule has 2 aromatic heterocycles. The van der Waals surface area contributed by atoms with Gasteiger partial charge in [0, 0.05) is 18.4 Å². The highest BCUT2D eigenvalue weighted by atomic mass is 35.5. The van der Waals surface area contributed by atoms with E-state index in [-0.39, 0.29) is 11.9 Å². The smallest absolute Gasteiger partial charge is 0.305 e. The molecule has 0 fully saturated rings. The number of hydrogen-bond acceptors (Lipinski definition) is 5. The number of halogens is 1. The molecule has 0 saturated carbocycles. The van der Waals surface area contributed by atoms with Crippen molar-refractivity contribution in [3.63, 3.8) is 0 Å². The van der Waals surface area contributed by atoms with Gasteiger partial charge in [-0.15, -0.1) is 11.3 Å². The molecule has 1 aromatic carbocycles. The number of unbranched alkanes of at least 4 members (excludes halogenated alkanes) is 1. The lowest BCUT2D eigenvalue weighted by Gasteiger charge is -2.10. The quantitative estimate of drug-likeness (QED) is 0.459. The summed E-state index contributed by atoms with van der Waals surface area (Å²) in [5.41, 5.74) is 2.06. The van der Waals surface area contributed by atoms with Crippen LogP contribution < -0.4 is 5.32 Å². The second-order valence-corrected chi connectivity index (χ2v) is 7.68. The van der Waals surface area contributed by atoms with E-state index in [2.05, 4.69) is 15.0 Å². The number of hydrogen-bond donors (Lipinski definition) is 1. The molecule has 27 heavy (non-hydrogen) atoms. The van der Waals surface area contributed by atoms with Gasteiger partial charge in [0.05, 0.1) is 33.1 Å². The van der Waals surface area contributed by atoms with Crippen molar-refractivity contribution < 1.29 is 14.3 Å². The lowest BCUT2D eigenvalue weighted by molar-refractivity contribution is -0.140. The molecule has 0 aliphatic carbocycles.